The zero-order chi connectivity index (χ0) is 19.9. The Morgan fingerprint density at radius 3 is 2.76 bits per heavy atom. The Morgan fingerprint density at radius 1 is 1.14 bits per heavy atom. The van der Waals surface area contributed by atoms with Gasteiger partial charge in [0, 0.05) is 32.5 Å². The van der Waals surface area contributed by atoms with Crippen LogP contribution in [0.1, 0.15) is 54.2 Å². The molecule has 1 N–H and O–H groups in total. The minimum Gasteiger partial charge on any atom is -0.492 e. The van der Waals surface area contributed by atoms with Gasteiger partial charge < -0.3 is 19.4 Å². The Bertz CT molecular complexity index is 758. The van der Waals surface area contributed by atoms with Crippen LogP contribution in [0.25, 0.3) is 0 Å². The molecule has 0 atom stereocenters. The molecule has 1 fully saturated rings. The van der Waals surface area contributed by atoms with Gasteiger partial charge in [0.25, 0.3) is 5.89 Å². The lowest BCUT2D eigenvalue weighted by Gasteiger charge is -2.28. The summed E-state index contributed by atoms with van der Waals surface area (Å²) in [5.41, 5.74) is 0.946. The summed E-state index contributed by atoms with van der Waals surface area (Å²) in [6.45, 7) is 4.01. The van der Waals surface area contributed by atoms with Gasteiger partial charge in [-0.3, -0.25) is 4.79 Å². The number of aromatic nitrogens is 1. The number of ether oxygens (including phenoxy) is 1. The summed E-state index contributed by atoms with van der Waals surface area (Å²) in [6.07, 6.45) is 8.60. The lowest BCUT2D eigenvalue weighted by molar-refractivity contribution is 0.0910. The van der Waals surface area contributed by atoms with Gasteiger partial charge in [0.05, 0.1) is 12.2 Å². The zero-order valence-corrected chi connectivity index (χ0v) is 17.1. The Balaban J connectivity index is 1.22. The second-order valence-corrected chi connectivity index (χ2v) is 8.11. The number of benzene rings is 1. The van der Waals surface area contributed by atoms with E-state index in [1.54, 1.807) is 0 Å². The minimum atomic E-state index is -0.270. The molecule has 29 heavy (non-hydrogen) atoms. The number of nitrogens with one attached hydrogen (secondary N) is 1. The molecular formula is C23H31N3O3. The van der Waals surface area contributed by atoms with Crippen LogP contribution in [0.3, 0.4) is 0 Å². The van der Waals surface area contributed by atoms with E-state index in [1.807, 2.05) is 30.3 Å². The first-order valence-corrected chi connectivity index (χ1v) is 10.9. The van der Waals surface area contributed by atoms with Crippen LogP contribution in [0, 0.1) is 5.92 Å². The fourth-order valence-corrected chi connectivity index (χ4v) is 4.35. The van der Waals surface area contributed by atoms with Crippen LogP contribution in [-0.2, 0) is 12.8 Å². The van der Waals surface area contributed by atoms with Crippen molar-refractivity contribution in [3.05, 3.63) is 47.7 Å². The molecule has 1 saturated carbocycles. The molecule has 6 heteroatoms. The van der Waals surface area contributed by atoms with E-state index in [0.717, 1.165) is 49.1 Å². The number of fused-ring (bicyclic) bond motifs is 1. The van der Waals surface area contributed by atoms with Crippen LogP contribution in [0.5, 0.6) is 5.75 Å². The topological polar surface area (TPSA) is 67.6 Å². The molecule has 6 nitrogen and oxygen atoms in total. The van der Waals surface area contributed by atoms with Crippen molar-refractivity contribution < 1.29 is 13.9 Å². The normalized spacial score (nSPS) is 18.1. The standard InChI is InChI=1S/C23H31N3O3/c27-22(24-13-16-28-19-9-5-2-6-10-19)23-25-20-11-14-26(15-12-21(20)29-23)17-18-7-3-1-4-8-18/h2,5-6,9-10,18H,1,3-4,7-8,11-17H2,(H,24,27). The van der Waals surface area contributed by atoms with E-state index in [4.69, 9.17) is 9.15 Å². The molecule has 1 aliphatic heterocycles. The smallest absolute Gasteiger partial charge is 0.307 e. The number of hydrogen-bond donors (Lipinski definition) is 1. The predicted molar refractivity (Wildman–Crippen MR) is 111 cm³/mol. The maximum absolute atomic E-state index is 12.4. The Labute approximate surface area is 172 Å². The molecule has 1 aromatic heterocycles. The molecule has 1 aromatic carbocycles. The SMILES string of the molecule is O=C(NCCOc1ccccc1)c1nc2c(o1)CCN(CC1CCCCC1)CC2. The first kappa shape index (κ1) is 20.0. The number of carbonyl (C=O) groups excluding carboxylic acids is 1. The molecule has 1 amide bonds. The maximum atomic E-state index is 12.4. The number of carbonyl (C=O) groups is 1. The van der Waals surface area contributed by atoms with Crippen molar-refractivity contribution in [3.63, 3.8) is 0 Å². The highest BCUT2D eigenvalue weighted by atomic mass is 16.5. The monoisotopic (exact) mass is 397 g/mol. The van der Waals surface area contributed by atoms with E-state index in [1.165, 1.54) is 38.6 Å². The van der Waals surface area contributed by atoms with E-state index < -0.39 is 0 Å². The third-order valence-electron chi connectivity index (χ3n) is 5.93. The van der Waals surface area contributed by atoms with Crippen LogP contribution >= 0.6 is 0 Å². The van der Waals surface area contributed by atoms with Gasteiger partial charge in [-0.25, -0.2) is 4.98 Å². The van der Waals surface area contributed by atoms with Crippen molar-refractivity contribution in [1.29, 1.82) is 0 Å². The molecule has 2 heterocycles. The fraction of sp³-hybridized carbons (Fsp3) is 0.565. The Hall–Kier alpha value is -2.34. The largest absolute Gasteiger partial charge is 0.492 e. The van der Waals surface area contributed by atoms with Gasteiger partial charge in [-0.1, -0.05) is 37.5 Å². The number of rotatable bonds is 7. The number of amides is 1. The highest BCUT2D eigenvalue weighted by Gasteiger charge is 2.24. The Kier molecular flexibility index (Phi) is 6.83. The first-order valence-electron chi connectivity index (χ1n) is 10.9. The zero-order valence-electron chi connectivity index (χ0n) is 17.1. The summed E-state index contributed by atoms with van der Waals surface area (Å²) in [5, 5.41) is 2.83. The number of hydrogen-bond acceptors (Lipinski definition) is 5. The summed E-state index contributed by atoms with van der Waals surface area (Å²) < 4.78 is 11.4. The summed E-state index contributed by atoms with van der Waals surface area (Å²) in [7, 11) is 0. The molecule has 2 aromatic rings. The molecule has 0 bridgehead atoms. The average Bonchev–Trinajstić information content (AvgIpc) is 3.09. The lowest BCUT2D eigenvalue weighted by Crippen LogP contribution is -2.33. The van der Waals surface area contributed by atoms with Crippen LogP contribution < -0.4 is 10.1 Å². The van der Waals surface area contributed by atoms with E-state index in [2.05, 4.69) is 15.2 Å². The van der Waals surface area contributed by atoms with Gasteiger partial charge in [0.2, 0.25) is 0 Å². The molecular weight excluding hydrogens is 366 g/mol. The van der Waals surface area contributed by atoms with Gasteiger partial charge in [0.1, 0.15) is 18.1 Å². The molecule has 0 saturated heterocycles. The molecule has 4 rings (SSSR count). The van der Waals surface area contributed by atoms with Gasteiger partial charge >= 0.3 is 5.91 Å². The number of para-hydroxylation sites is 1. The minimum absolute atomic E-state index is 0.176. The quantitative estimate of drug-likeness (QED) is 0.725. The highest BCUT2D eigenvalue weighted by molar-refractivity contribution is 5.89. The third-order valence-corrected chi connectivity index (χ3v) is 5.93. The first-order chi connectivity index (χ1) is 14.3. The summed E-state index contributed by atoms with van der Waals surface area (Å²) in [5.74, 6) is 2.42. The highest BCUT2D eigenvalue weighted by Crippen LogP contribution is 2.25. The average molecular weight is 398 g/mol. The molecule has 1 aliphatic carbocycles. The predicted octanol–water partition coefficient (Wildman–Crippen LogP) is 3.46. The fourth-order valence-electron chi connectivity index (χ4n) is 4.35. The number of nitrogens with zero attached hydrogens (tertiary/aromatic N) is 2. The lowest BCUT2D eigenvalue weighted by atomic mass is 9.89. The van der Waals surface area contributed by atoms with Crippen LogP contribution in [-0.4, -0.2) is 48.6 Å². The van der Waals surface area contributed by atoms with Crippen LogP contribution in [0.15, 0.2) is 34.7 Å². The maximum Gasteiger partial charge on any atom is 0.307 e. The summed E-state index contributed by atoms with van der Waals surface area (Å²) in [4.78, 5) is 19.4. The molecule has 0 unspecified atom stereocenters. The van der Waals surface area contributed by atoms with E-state index in [-0.39, 0.29) is 11.8 Å². The van der Waals surface area contributed by atoms with E-state index in [9.17, 15) is 4.79 Å². The second kappa shape index (κ2) is 9.92. The van der Waals surface area contributed by atoms with Crippen molar-refractivity contribution in [2.45, 2.75) is 44.9 Å². The van der Waals surface area contributed by atoms with Gasteiger partial charge in [-0.15, -0.1) is 0 Å². The number of oxazole rings is 1. The summed E-state index contributed by atoms with van der Waals surface area (Å²) in [6, 6.07) is 9.57. The van der Waals surface area contributed by atoms with Crippen molar-refractivity contribution in [2.75, 3.05) is 32.8 Å². The summed E-state index contributed by atoms with van der Waals surface area (Å²) >= 11 is 0. The van der Waals surface area contributed by atoms with Gasteiger partial charge in [0.15, 0.2) is 0 Å². The third kappa shape index (κ3) is 5.60. The molecule has 0 spiro atoms. The van der Waals surface area contributed by atoms with Crippen LogP contribution in [0.2, 0.25) is 0 Å². The van der Waals surface area contributed by atoms with E-state index >= 15 is 0 Å². The van der Waals surface area contributed by atoms with E-state index in [0.29, 0.717) is 13.2 Å². The molecule has 0 radical (unpaired) electrons. The molecule has 2 aliphatic rings. The van der Waals surface area contributed by atoms with Crippen molar-refractivity contribution in [2.24, 2.45) is 5.92 Å². The Morgan fingerprint density at radius 2 is 1.93 bits per heavy atom. The van der Waals surface area contributed by atoms with Crippen LogP contribution in [0.4, 0.5) is 0 Å². The van der Waals surface area contributed by atoms with Gasteiger partial charge in [-0.2, -0.15) is 0 Å². The second-order valence-electron chi connectivity index (χ2n) is 8.11. The van der Waals surface area contributed by atoms with Crippen molar-refractivity contribution >= 4 is 5.91 Å². The van der Waals surface area contributed by atoms with Crippen molar-refractivity contribution in [1.82, 2.24) is 15.2 Å². The molecule has 156 valence electrons. The van der Waals surface area contributed by atoms with Gasteiger partial charge in [-0.05, 0) is 30.9 Å². The van der Waals surface area contributed by atoms with Crippen molar-refractivity contribution in [3.8, 4) is 5.75 Å².